The Kier molecular flexibility index (Phi) is 6.51. The third kappa shape index (κ3) is 4.85. The molecule has 0 unspecified atom stereocenters. The number of rotatable bonds is 6. The zero-order valence-corrected chi connectivity index (χ0v) is 12.2. The number of benzene rings is 1. The standard InChI is InChI=1S/C13H18ClF2N3O/c1-3-19(4-2)13(17)18-8-9-7-10(14)5-6-11(9)20-12(15)16/h5-7,12H,3-4,8H2,1-2H3,(H2,17,18). The van der Waals surface area contributed by atoms with Gasteiger partial charge in [-0.25, -0.2) is 4.99 Å². The van der Waals surface area contributed by atoms with E-state index in [9.17, 15) is 8.78 Å². The Balaban J connectivity index is 2.90. The lowest BCUT2D eigenvalue weighted by atomic mass is 10.2. The number of nitrogens with two attached hydrogens (primary N) is 1. The third-order valence-corrected chi connectivity index (χ3v) is 2.97. The van der Waals surface area contributed by atoms with Crippen molar-refractivity contribution in [3.8, 4) is 5.75 Å². The first kappa shape index (κ1) is 16.5. The zero-order valence-electron chi connectivity index (χ0n) is 11.4. The maximum atomic E-state index is 12.3. The van der Waals surface area contributed by atoms with E-state index < -0.39 is 6.61 Å². The second-order valence-electron chi connectivity index (χ2n) is 3.98. The Morgan fingerprint density at radius 1 is 1.40 bits per heavy atom. The van der Waals surface area contributed by atoms with Gasteiger partial charge < -0.3 is 15.4 Å². The van der Waals surface area contributed by atoms with Crippen molar-refractivity contribution in [3.05, 3.63) is 28.8 Å². The van der Waals surface area contributed by atoms with Crippen molar-refractivity contribution in [1.29, 1.82) is 0 Å². The van der Waals surface area contributed by atoms with Crippen LogP contribution in [0.25, 0.3) is 0 Å². The largest absolute Gasteiger partial charge is 0.434 e. The highest BCUT2D eigenvalue weighted by molar-refractivity contribution is 6.30. The highest BCUT2D eigenvalue weighted by Crippen LogP contribution is 2.25. The molecule has 0 heterocycles. The molecule has 2 N–H and O–H groups in total. The molecule has 0 spiro atoms. The summed E-state index contributed by atoms with van der Waals surface area (Å²) in [4.78, 5) is 6.04. The molecule has 1 rings (SSSR count). The molecule has 0 saturated carbocycles. The highest BCUT2D eigenvalue weighted by atomic mass is 35.5. The molecule has 112 valence electrons. The van der Waals surface area contributed by atoms with Gasteiger partial charge in [0.25, 0.3) is 0 Å². The summed E-state index contributed by atoms with van der Waals surface area (Å²) < 4.78 is 29.1. The summed E-state index contributed by atoms with van der Waals surface area (Å²) in [6.07, 6.45) is 0. The van der Waals surface area contributed by atoms with Crippen LogP contribution in [0.5, 0.6) is 5.75 Å². The first-order chi connectivity index (χ1) is 9.47. The van der Waals surface area contributed by atoms with Gasteiger partial charge in [-0.1, -0.05) is 11.6 Å². The molecule has 0 saturated heterocycles. The summed E-state index contributed by atoms with van der Waals surface area (Å²) in [5.41, 5.74) is 6.30. The van der Waals surface area contributed by atoms with Crippen LogP contribution in [0.3, 0.4) is 0 Å². The van der Waals surface area contributed by atoms with Crippen LogP contribution in [-0.4, -0.2) is 30.6 Å². The number of ether oxygens (including phenoxy) is 1. The lowest BCUT2D eigenvalue weighted by molar-refractivity contribution is -0.0504. The molecule has 4 nitrogen and oxygen atoms in total. The van der Waals surface area contributed by atoms with Crippen LogP contribution in [0.1, 0.15) is 19.4 Å². The molecule has 0 atom stereocenters. The van der Waals surface area contributed by atoms with Gasteiger partial charge in [0.15, 0.2) is 5.96 Å². The summed E-state index contributed by atoms with van der Waals surface area (Å²) in [7, 11) is 0. The number of aliphatic imine (C=N–C) groups is 1. The van der Waals surface area contributed by atoms with Crippen LogP contribution < -0.4 is 10.5 Å². The van der Waals surface area contributed by atoms with Crippen molar-refractivity contribution in [2.45, 2.75) is 27.0 Å². The van der Waals surface area contributed by atoms with Gasteiger partial charge in [0.2, 0.25) is 0 Å². The molecule has 0 radical (unpaired) electrons. The molecule has 7 heteroatoms. The lowest BCUT2D eigenvalue weighted by Crippen LogP contribution is -2.37. The van der Waals surface area contributed by atoms with E-state index in [0.717, 1.165) is 13.1 Å². The van der Waals surface area contributed by atoms with Crippen molar-refractivity contribution in [1.82, 2.24) is 4.90 Å². The van der Waals surface area contributed by atoms with E-state index in [1.54, 1.807) is 0 Å². The Bertz CT molecular complexity index is 465. The van der Waals surface area contributed by atoms with Crippen molar-refractivity contribution in [2.24, 2.45) is 10.7 Å². The van der Waals surface area contributed by atoms with Crippen molar-refractivity contribution in [3.63, 3.8) is 0 Å². The minimum Gasteiger partial charge on any atom is -0.434 e. The maximum absolute atomic E-state index is 12.3. The van der Waals surface area contributed by atoms with Gasteiger partial charge in [-0.15, -0.1) is 0 Å². The second kappa shape index (κ2) is 7.89. The topological polar surface area (TPSA) is 50.8 Å². The molecule has 20 heavy (non-hydrogen) atoms. The molecule has 0 aliphatic heterocycles. The van der Waals surface area contributed by atoms with Gasteiger partial charge in [0.05, 0.1) is 6.54 Å². The quantitative estimate of drug-likeness (QED) is 0.649. The smallest absolute Gasteiger partial charge is 0.387 e. The summed E-state index contributed by atoms with van der Waals surface area (Å²) in [5, 5.41) is 0.429. The predicted molar refractivity (Wildman–Crippen MR) is 76.3 cm³/mol. The SMILES string of the molecule is CCN(CC)C(N)=NCc1cc(Cl)ccc1OC(F)F. The molecule has 1 aromatic carbocycles. The zero-order chi connectivity index (χ0) is 15.1. The molecule has 0 bridgehead atoms. The van der Waals surface area contributed by atoms with Gasteiger partial charge in [-0.2, -0.15) is 8.78 Å². The maximum Gasteiger partial charge on any atom is 0.387 e. The minimum absolute atomic E-state index is 0.0560. The molecular weight excluding hydrogens is 288 g/mol. The molecule has 0 aromatic heterocycles. The fraction of sp³-hybridized carbons (Fsp3) is 0.462. The minimum atomic E-state index is -2.89. The van der Waals surface area contributed by atoms with Crippen LogP contribution in [0.4, 0.5) is 8.78 Å². The van der Waals surface area contributed by atoms with Crippen LogP contribution in [-0.2, 0) is 6.54 Å². The summed E-state index contributed by atoms with van der Waals surface area (Å²) in [6.45, 7) is 2.60. The Morgan fingerprint density at radius 2 is 2.05 bits per heavy atom. The lowest BCUT2D eigenvalue weighted by Gasteiger charge is -2.19. The third-order valence-electron chi connectivity index (χ3n) is 2.74. The average molecular weight is 306 g/mol. The van der Waals surface area contributed by atoms with E-state index in [4.69, 9.17) is 17.3 Å². The van der Waals surface area contributed by atoms with Gasteiger partial charge >= 0.3 is 6.61 Å². The predicted octanol–water partition coefficient (Wildman–Crippen LogP) is 3.10. The van der Waals surface area contributed by atoms with Crippen LogP contribution >= 0.6 is 11.6 Å². The van der Waals surface area contributed by atoms with E-state index in [1.165, 1.54) is 18.2 Å². The average Bonchev–Trinajstić information content (AvgIpc) is 2.40. The normalized spacial score (nSPS) is 11.8. The molecule has 0 aliphatic rings. The first-order valence-corrected chi connectivity index (χ1v) is 6.63. The number of guanidine groups is 1. The van der Waals surface area contributed by atoms with Gasteiger partial charge in [-0.05, 0) is 32.0 Å². The van der Waals surface area contributed by atoms with Crippen LogP contribution in [0, 0.1) is 0 Å². The van der Waals surface area contributed by atoms with Crippen LogP contribution in [0.2, 0.25) is 5.02 Å². The number of alkyl halides is 2. The Labute approximate surface area is 122 Å². The van der Waals surface area contributed by atoms with Gasteiger partial charge in [0.1, 0.15) is 5.75 Å². The summed E-state index contributed by atoms with van der Waals surface area (Å²) in [6, 6.07) is 4.42. The van der Waals surface area contributed by atoms with Gasteiger partial charge in [-0.3, -0.25) is 0 Å². The van der Waals surface area contributed by atoms with E-state index in [-0.39, 0.29) is 12.3 Å². The Morgan fingerprint density at radius 3 is 2.60 bits per heavy atom. The summed E-state index contributed by atoms with van der Waals surface area (Å²) >= 11 is 5.85. The highest BCUT2D eigenvalue weighted by Gasteiger charge is 2.10. The van der Waals surface area contributed by atoms with Crippen molar-refractivity contribution in [2.75, 3.05) is 13.1 Å². The molecule has 0 aliphatic carbocycles. The van der Waals surface area contributed by atoms with Gasteiger partial charge in [0, 0.05) is 23.7 Å². The number of hydrogen-bond acceptors (Lipinski definition) is 2. The van der Waals surface area contributed by atoms with E-state index >= 15 is 0 Å². The molecular formula is C13H18ClF2N3O. The van der Waals surface area contributed by atoms with Crippen molar-refractivity contribution >= 4 is 17.6 Å². The Hall–Kier alpha value is -1.56. The molecule has 1 aromatic rings. The number of halogens is 3. The van der Waals surface area contributed by atoms with E-state index in [2.05, 4.69) is 9.73 Å². The van der Waals surface area contributed by atoms with E-state index in [0.29, 0.717) is 16.5 Å². The fourth-order valence-electron chi connectivity index (χ4n) is 1.70. The number of nitrogens with zero attached hydrogens (tertiary/aromatic N) is 2. The molecule has 0 fully saturated rings. The fourth-order valence-corrected chi connectivity index (χ4v) is 1.89. The monoisotopic (exact) mass is 305 g/mol. The first-order valence-electron chi connectivity index (χ1n) is 6.26. The van der Waals surface area contributed by atoms with E-state index in [1.807, 2.05) is 18.7 Å². The molecule has 0 amide bonds. The summed E-state index contributed by atoms with van der Waals surface area (Å²) in [5.74, 6) is 0.415. The van der Waals surface area contributed by atoms with Crippen LogP contribution in [0.15, 0.2) is 23.2 Å². The second-order valence-corrected chi connectivity index (χ2v) is 4.41. The number of hydrogen-bond donors (Lipinski definition) is 1. The van der Waals surface area contributed by atoms with Crippen molar-refractivity contribution < 1.29 is 13.5 Å².